The Morgan fingerprint density at radius 3 is 2.88 bits per heavy atom. The van der Waals surface area contributed by atoms with Crippen molar-refractivity contribution in [2.75, 3.05) is 19.6 Å². The summed E-state index contributed by atoms with van der Waals surface area (Å²) in [5.74, 6) is 1.58. The first-order chi connectivity index (χ1) is 16.0. The number of aryl methyl sites for hydroxylation is 1. The van der Waals surface area contributed by atoms with Gasteiger partial charge in [-0.05, 0) is 61.1 Å². The molecule has 1 unspecified atom stereocenters. The highest BCUT2D eigenvalue weighted by Gasteiger charge is 2.28. The van der Waals surface area contributed by atoms with E-state index in [0.29, 0.717) is 12.0 Å². The number of para-hydroxylation sites is 1. The SMILES string of the molecule is CC(C)Cc1cc2c(s1)Sc1ccccc1N=C2N1CCNC(CCc2cccc(F)c2)C1. The zero-order valence-electron chi connectivity index (χ0n) is 19.2. The molecule has 1 saturated heterocycles. The van der Waals surface area contributed by atoms with Gasteiger partial charge in [0, 0.05) is 41.0 Å². The summed E-state index contributed by atoms with van der Waals surface area (Å²) in [6.45, 7) is 7.34. The zero-order chi connectivity index (χ0) is 22.8. The quantitative estimate of drug-likeness (QED) is 0.451. The lowest BCUT2D eigenvalue weighted by Gasteiger charge is -2.36. The second kappa shape index (κ2) is 10.00. The number of fused-ring (bicyclic) bond motifs is 2. The molecule has 2 aliphatic heterocycles. The predicted octanol–water partition coefficient (Wildman–Crippen LogP) is 6.54. The highest BCUT2D eigenvalue weighted by atomic mass is 32.2. The summed E-state index contributed by atoms with van der Waals surface area (Å²) in [6.07, 6.45) is 2.95. The minimum Gasteiger partial charge on any atom is -0.353 e. The van der Waals surface area contributed by atoms with Gasteiger partial charge in [-0.3, -0.25) is 0 Å². The third kappa shape index (κ3) is 5.34. The van der Waals surface area contributed by atoms with E-state index in [1.165, 1.54) is 25.6 Å². The molecule has 0 spiro atoms. The second-order valence-corrected chi connectivity index (χ2v) is 11.7. The molecule has 1 atom stereocenters. The number of aliphatic imine (C=N–C) groups is 1. The standard InChI is InChI=1S/C27H30FN3S2/c1-18(2)14-22-16-23-26(30-24-8-3-4-9-25(24)33-27(23)32-22)31-13-12-29-21(17-31)11-10-19-6-5-7-20(28)15-19/h3-9,15-16,18,21,29H,10-14,17H2,1-2H3. The molecule has 0 amide bonds. The highest BCUT2D eigenvalue weighted by molar-refractivity contribution is 8.01. The first-order valence-corrected chi connectivity index (χ1v) is 13.4. The van der Waals surface area contributed by atoms with Gasteiger partial charge in [0.25, 0.3) is 0 Å². The van der Waals surface area contributed by atoms with Crippen LogP contribution in [0.3, 0.4) is 0 Å². The fourth-order valence-corrected chi connectivity index (χ4v) is 7.23. The molecule has 0 saturated carbocycles. The number of piperazine rings is 1. The predicted molar refractivity (Wildman–Crippen MR) is 138 cm³/mol. The average Bonchev–Trinajstić information content (AvgIpc) is 3.11. The smallest absolute Gasteiger partial charge is 0.138 e. The molecular formula is C27H30FN3S2. The summed E-state index contributed by atoms with van der Waals surface area (Å²) >= 11 is 3.78. The van der Waals surface area contributed by atoms with Gasteiger partial charge in [-0.2, -0.15) is 0 Å². The molecule has 2 aliphatic rings. The molecule has 1 fully saturated rings. The molecule has 172 valence electrons. The minimum atomic E-state index is -0.156. The topological polar surface area (TPSA) is 27.6 Å². The Kier molecular flexibility index (Phi) is 6.86. The van der Waals surface area contributed by atoms with E-state index >= 15 is 0 Å². The average molecular weight is 480 g/mol. The summed E-state index contributed by atoms with van der Waals surface area (Å²) in [5.41, 5.74) is 3.40. The number of nitrogens with one attached hydrogen (secondary N) is 1. The summed E-state index contributed by atoms with van der Waals surface area (Å²) in [6, 6.07) is 18.2. The number of amidine groups is 1. The summed E-state index contributed by atoms with van der Waals surface area (Å²) in [7, 11) is 0. The Morgan fingerprint density at radius 1 is 1.15 bits per heavy atom. The largest absolute Gasteiger partial charge is 0.353 e. The van der Waals surface area contributed by atoms with Crippen LogP contribution in [0.5, 0.6) is 0 Å². The molecule has 2 aromatic carbocycles. The van der Waals surface area contributed by atoms with E-state index in [1.807, 2.05) is 29.2 Å². The van der Waals surface area contributed by atoms with Gasteiger partial charge >= 0.3 is 0 Å². The number of benzene rings is 2. The number of nitrogens with zero attached hydrogens (tertiary/aromatic N) is 2. The first-order valence-electron chi connectivity index (χ1n) is 11.8. The molecule has 6 heteroatoms. The van der Waals surface area contributed by atoms with Crippen molar-refractivity contribution in [3.63, 3.8) is 0 Å². The Morgan fingerprint density at radius 2 is 2.03 bits per heavy atom. The third-order valence-corrected chi connectivity index (χ3v) is 8.54. The summed E-state index contributed by atoms with van der Waals surface area (Å²) in [5, 5.41) is 3.67. The number of thiophene rings is 1. The number of rotatable bonds is 5. The second-order valence-electron chi connectivity index (χ2n) is 9.28. The summed E-state index contributed by atoms with van der Waals surface area (Å²) < 4.78 is 14.9. The lowest BCUT2D eigenvalue weighted by molar-refractivity contribution is 0.282. The van der Waals surface area contributed by atoms with Crippen LogP contribution in [0.25, 0.3) is 0 Å². The van der Waals surface area contributed by atoms with Crippen molar-refractivity contribution in [1.82, 2.24) is 10.2 Å². The van der Waals surface area contributed by atoms with Crippen LogP contribution in [-0.2, 0) is 12.8 Å². The van der Waals surface area contributed by atoms with Gasteiger partial charge in [0.2, 0.25) is 0 Å². The maximum absolute atomic E-state index is 13.6. The van der Waals surface area contributed by atoms with Crippen molar-refractivity contribution >= 4 is 34.6 Å². The van der Waals surface area contributed by atoms with Crippen LogP contribution in [0.15, 0.2) is 68.7 Å². The van der Waals surface area contributed by atoms with Crippen LogP contribution < -0.4 is 5.32 Å². The van der Waals surface area contributed by atoms with Crippen LogP contribution in [0.2, 0.25) is 0 Å². The molecule has 5 rings (SSSR count). The molecule has 3 nitrogen and oxygen atoms in total. The van der Waals surface area contributed by atoms with E-state index in [9.17, 15) is 4.39 Å². The van der Waals surface area contributed by atoms with E-state index in [-0.39, 0.29) is 5.82 Å². The maximum Gasteiger partial charge on any atom is 0.138 e. The Labute approximate surface area is 204 Å². The van der Waals surface area contributed by atoms with E-state index in [2.05, 4.69) is 54.4 Å². The van der Waals surface area contributed by atoms with Gasteiger partial charge in [0.05, 0.1) is 9.90 Å². The van der Waals surface area contributed by atoms with Crippen molar-refractivity contribution in [1.29, 1.82) is 0 Å². The van der Waals surface area contributed by atoms with Gasteiger partial charge in [-0.25, -0.2) is 9.38 Å². The number of hydrogen-bond acceptors (Lipinski definition) is 5. The lowest BCUT2D eigenvalue weighted by atomic mass is 10.0. The molecule has 0 bridgehead atoms. The Bertz CT molecular complexity index is 1150. The molecule has 0 aliphatic carbocycles. The maximum atomic E-state index is 13.6. The zero-order valence-corrected chi connectivity index (χ0v) is 20.8. The number of hydrogen-bond donors (Lipinski definition) is 1. The van der Waals surface area contributed by atoms with Crippen LogP contribution in [0.4, 0.5) is 10.1 Å². The van der Waals surface area contributed by atoms with Gasteiger partial charge in [0.15, 0.2) is 0 Å². The lowest BCUT2D eigenvalue weighted by Crippen LogP contribution is -2.52. The van der Waals surface area contributed by atoms with Crippen LogP contribution in [0, 0.1) is 11.7 Å². The van der Waals surface area contributed by atoms with Crippen molar-refractivity contribution < 1.29 is 4.39 Å². The van der Waals surface area contributed by atoms with Gasteiger partial charge in [0.1, 0.15) is 11.7 Å². The normalized spacial score (nSPS) is 18.0. The molecule has 1 N–H and O–H groups in total. The molecule has 1 aromatic heterocycles. The molecule has 0 radical (unpaired) electrons. The van der Waals surface area contributed by atoms with Crippen molar-refractivity contribution in [3.05, 3.63) is 76.4 Å². The minimum absolute atomic E-state index is 0.156. The van der Waals surface area contributed by atoms with E-state index in [0.717, 1.165) is 56.0 Å². The monoisotopic (exact) mass is 479 g/mol. The molecule has 33 heavy (non-hydrogen) atoms. The number of halogens is 1. The molecular weight excluding hydrogens is 449 g/mol. The van der Waals surface area contributed by atoms with E-state index in [1.54, 1.807) is 12.1 Å². The van der Waals surface area contributed by atoms with E-state index < -0.39 is 0 Å². The summed E-state index contributed by atoms with van der Waals surface area (Å²) in [4.78, 5) is 10.3. The van der Waals surface area contributed by atoms with Crippen LogP contribution in [0.1, 0.15) is 36.3 Å². The third-order valence-electron chi connectivity index (χ3n) is 6.12. The fourth-order valence-electron chi connectivity index (χ4n) is 4.55. The van der Waals surface area contributed by atoms with Crippen molar-refractivity contribution in [3.8, 4) is 0 Å². The van der Waals surface area contributed by atoms with Gasteiger partial charge in [-0.1, -0.05) is 49.9 Å². The van der Waals surface area contributed by atoms with Gasteiger partial charge in [-0.15, -0.1) is 11.3 Å². The van der Waals surface area contributed by atoms with Crippen molar-refractivity contribution in [2.45, 2.75) is 48.3 Å². The highest BCUT2D eigenvalue weighted by Crippen LogP contribution is 2.45. The molecule has 3 aromatic rings. The van der Waals surface area contributed by atoms with Gasteiger partial charge < -0.3 is 10.2 Å². The Hall–Kier alpha value is -2.15. The molecule has 3 heterocycles. The van der Waals surface area contributed by atoms with E-state index in [4.69, 9.17) is 4.99 Å². The Balaban J connectivity index is 1.40. The van der Waals surface area contributed by atoms with Crippen molar-refractivity contribution in [2.24, 2.45) is 10.9 Å². The fraction of sp³-hybridized carbons (Fsp3) is 0.370. The van der Waals surface area contributed by atoms with Crippen LogP contribution in [-0.4, -0.2) is 36.4 Å². The van der Waals surface area contributed by atoms with Crippen LogP contribution >= 0.6 is 23.1 Å². The first kappa shape index (κ1) is 22.6.